The molecule has 2 rings (SSSR count). The van der Waals surface area contributed by atoms with Gasteiger partial charge in [0.25, 0.3) is 0 Å². The zero-order valence-electron chi connectivity index (χ0n) is 13.7. The van der Waals surface area contributed by atoms with Gasteiger partial charge in [0.05, 0.1) is 22.4 Å². The maximum Gasteiger partial charge on any atom is 0.226 e. The van der Waals surface area contributed by atoms with Gasteiger partial charge in [-0.3, -0.25) is 9.89 Å². The van der Waals surface area contributed by atoms with E-state index in [9.17, 15) is 13.2 Å². The van der Waals surface area contributed by atoms with E-state index in [1.807, 2.05) is 38.1 Å². The zero-order chi connectivity index (χ0) is 17.1. The molecule has 1 aromatic carbocycles. The summed E-state index contributed by atoms with van der Waals surface area (Å²) < 4.78 is 23.2. The molecule has 0 aliphatic rings. The van der Waals surface area contributed by atoms with Gasteiger partial charge < -0.3 is 5.32 Å². The first kappa shape index (κ1) is 17.5. The predicted molar refractivity (Wildman–Crippen MR) is 91.0 cm³/mol. The molecule has 2 aromatic rings. The fourth-order valence-electron chi connectivity index (χ4n) is 2.79. The van der Waals surface area contributed by atoms with Crippen molar-refractivity contribution in [2.75, 3.05) is 12.8 Å². The summed E-state index contributed by atoms with van der Waals surface area (Å²) in [6.07, 6.45) is 2.31. The van der Waals surface area contributed by atoms with Gasteiger partial charge >= 0.3 is 0 Å². The monoisotopic (exact) mass is 337 g/mol. The quantitative estimate of drug-likeness (QED) is 0.806. The van der Waals surface area contributed by atoms with Crippen molar-refractivity contribution in [3.63, 3.8) is 0 Å². The lowest BCUT2D eigenvalue weighted by atomic mass is 10.0. The van der Waals surface area contributed by atoms with Crippen LogP contribution in [0.25, 0.3) is 10.9 Å². The summed E-state index contributed by atoms with van der Waals surface area (Å²) in [6, 6.07) is 7.55. The summed E-state index contributed by atoms with van der Waals surface area (Å²) in [7, 11) is -3.25. The standard InChI is InChI=1S/C16H23N3O3S/c1-4-16(5-2,23(3,21)22)11-17-15(20)10-14-12-8-6-7-9-13(12)18-19-14/h6-9H,4-5,10-11H2,1-3H3,(H,17,20)(H,18,19). The summed E-state index contributed by atoms with van der Waals surface area (Å²) >= 11 is 0. The van der Waals surface area contributed by atoms with Crippen LogP contribution in [0.2, 0.25) is 0 Å². The molecule has 2 N–H and O–H groups in total. The molecule has 23 heavy (non-hydrogen) atoms. The molecule has 0 saturated heterocycles. The smallest absolute Gasteiger partial charge is 0.226 e. The van der Waals surface area contributed by atoms with Crippen molar-refractivity contribution in [3.8, 4) is 0 Å². The molecule has 0 radical (unpaired) electrons. The normalized spacial score (nSPS) is 12.5. The number of H-pyrrole nitrogens is 1. The number of rotatable bonds is 7. The highest BCUT2D eigenvalue weighted by molar-refractivity contribution is 7.92. The second kappa shape index (κ2) is 6.70. The zero-order valence-corrected chi connectivity index (χ0v) is 14.5. The summed E-state index contributed by atoms with van der Waals surface area (Å²) in [5, 5.41) is 10.7. The van der Waals surface area contributed by atoms with Crippen molar-refractivity contribution >= 4 is 26.6 Å². The summed E-state index contributed by atoms with van der Waals surface area (Å²) in [4.78, 5) is 12.2. The molecule has 0 saturated carbocycles. The Morgan fingerprint density at radius 2 is 1.91 bits per heavy atom. The van der Waals surface area contributed by atoms with Gasteiger partial charge in [-0.1, -0.05) is 32.0 Å². The van der Waals surface area contributed by atoms with Gasteiger partial charge in [0.2, 0.25) is 5.91 Å². The van der Waals surface area contributed by atoms with E-state index in [1.165, 1.54) is 6.26 Å². The average Bonchev–Trinajstić information content (AvgIpc) is 2.91. The minimum Gasteiger partial charge on any atom is -0.354 e. The molecule has 7 heteroatoms. The Morgan fingerprint density at radius 3 is 2.52 bits per heavy atom. The number of nitrogens with one attached hydrogen (secondary N) is 2. The van der Waals surface area contributed by atoms with Gasteiger partial charge in [0, 0.05) is 18.2 Å². The summed E-state index contributed by atoms with van der Waals surface area (Å²) in [6.45, 7) is 3.79. The maximum absolute atomic E-state index is 12.2. The second-order valence-electron chi connectivity index (χ2n) is 5.84. The molecule has 0 bridgehead atoms. The number of sulfone groups is 1. The van der Waals surface area contributed by atoms with Crippen molar-refractivity contribution in [2.24, 2.45) is 0 Å². The highest BCUT2D eigenvalue weighted by Gasteiger charge is 2.37. The third kappa shape index (κ3) is 3.55. The van der Waals surface area contributed by atoms with Gasteiger partial charge in [-0.05, 0) is 18.9 Å². The number of aromatic amines is 1. The predicted octanol–water partition coefficient (Wildman–Crippen LogP) is 1.82. The van der Waals surface area contributed by atoms with Crippen molar-refractivity contribution in [1.82, 2.24) is 15.5 Å². The second-order valence-corrected chi connectivity index (χ2v) is 8.25. The van der Waals surface area contributed by atoms with Gasteiger partial charge in [-0.15, -0.1) is 0 Å². The van der Waals surface area contributed by atoms with E-state index >= 15 is 0 Å². The number of amides is 1. The lowest BCUT2D eigenvalue weighted by Gasteiger charge is -2.29. The number of nitrogens with zero attached hydrogens (tertiary/aromatic N) is 1. The number of para-hydroxylation sites is 1. The highest BCUT2D eigenvalue weighted by atomic mass is 32.2. The van der Waals surface area contributed by atoms with Gasteiger partial charge in [0.15, 0.2) is 9.84 Å². The SMILES string of the molecule is CCC(CC)(CNC(=O)Cc1[nH]nc2ccccc12)S(C)(=O)=O. The first-order valence-corrected chi connectivity index (χ1v) is 9.60. The van der Waals surface area contributed by atoms with Crippen molar-refractivity contribution in [1.29, 1.82) is 0 Å². The van der Waals surface area contributed by atoms with Crippen LogP contribution in [-0.4, -0.2) is 42.1 Å². The first-order chi connectivity index (χ1) is 10.8. The third-order valence-corrected chi connectivity index (χ3v) is 6.86. The molecule has 1 aromatic heterocycles. The van der Waals surface area contributed by atoms with Crippen LogP contribution >= 0.6 is 0 Å². The van der Waals surface area contributed by atoms with Crippen LogP contribution in [0.3, 0.4) is 0 Å². The maximum atomic E-state index is 12.2. The number of carbonyl (C=O) groups is 1. The number of fused-ring (bicyclic) bond motifs is 1. The molecule has 1 heterocycles. The summed E-state index contributed by atoms with van der Waals surface area (Å²) in [5.41, 5.74) is 1.54. The fraction of sp³-hybridized carbons (Fsp3) is 0.500. The van der Waals surface area contributed by atoms with Crippen molar-refractivity contribution in [2.45, 2.75) is 37.9 Å². The lowest BCUT2D eigenvalue weighted by molar-refractivity contribution is -0.120. The molecular weight excluding hydrogens is 314 g/mol. The van der Waals surface area contributed by atoms with E-state index in [-0.39, 0.29) is 18.9 Å². The highest BCUT2D eigenvalue weighted by Crippen LogP contribution is 2.24. The molecule has 0 aliphatic heterocycles. The average molecular weight is 337 g/mol. The van der Waals surface area contributed by atoms with E-state index in [0.717, 1.165) is 16.6 Å². The van der Waals surface area contributed by atoms with Crippen LogP contribution in [-0.2, 0) is 21.1 Å². The molecule has 0 unspecified atom stereocenters. The Balaban J connectivity index is 2.08. The van der Waals surface area contributed by atoms with E-state index < -0.39 is 14.6 Å². The fourth-order valence-corrected chi connectivity index (χ4v) is 4.17. The van der Waals surface area contributed by atoms with Crippen LogP contribution in [0.4, 0.5) is 0 Å². The molecule has 0 spiro atoms. The molecular formula is C16H23N3O3S. The number of benzene rings is 1. The van der Waals surface area contributed by atoms with E-state index in [0.29, 0.717) is 12.8 Å². The molecule has 0 atom stereocenters. The number of hydrogen-bond donors (Lipinski definition) is 2. The van der Waals surface area contributed by atoms with Crippen LogP contribution in [0, 0.1) is 0 Å². The Kier molecular flexibility index (Phi) is 5.09. The molecule has 126 valence electrons. The minimum absolute atomic E-state index is 0.129. The Hall–Kier alpha value is -1.89. The number of carbonyl (C=O) groups excluding carboxylic acids is 1. The molecule has 1 amide bonds. The Bertz CT molecular complexity index is 792. The molecule has 0 fully saturated rings. The van der Waals surface area contributed by atoms with E-state index in [4.69, 9.17) is 0 Å². The summed E-state index contributed by atoms with van der Waals surface area (Å²) in [5.74, 6) is -0.214. The largest absolute Gasteiger partial charge is 0.354 e. The van der Waals surface area contributed by atoms with E-state index in [2.05, 4.69) is 15.5 Å². The van der Waals surface area contributed by atoms with Crippen LogP contribution in [0.1, 0.15) is 32.4 Å². The van der Waals surface area contributed by atoms with Crippen LogP contribution < -0.4 is 5.32 Å². The van der Waals surface area contributed by atoms with E-state index in [1.54, 1.807) is 0 Å². The Morgan fingerprint density at radius 1 is 1.26 bits per heavy atom. The Labute approximate surface area is 136 Å². The van der Waals surface area contributed by atoms with Gasteiger partial charge in [0.1, 0.15) is 0 Å². The third-order valence-electron chi connectivity index (χ3n) is 4.56. The van der Waals surface area contributed by atoms with Crippen LogP contribution in [0.15, 0.2) is 24.3 Å². The lowest BCUT2D eigenvalue weighted by Crippen LogP contribution is -2.48. The minimum atomic E-state index is -3.25. The van der Waals surface area contributed by atoms with Crippen molar-refractivity contribution < 1.29 is 13.2 Å². The topological polar surface area (TPSA) is 91.9 Å². The molecule has 0 aliphatic carbocycles. The number of hydrogen-bond acceptors (Lipinski definition) is 4. The molecule has 6 nitrogen and oxygen atoms in total. The number of aromatic nitrogens is 2. The van der Waals surface area contributed by atoms with Crippen LogP contribution in [0.5, 0.6) is 0 Å². The van der Waals surface area contributed by atoms with Gasteiger partial charge in [-0.25, -0.2) is 8.42 Å². The van der Waals surface area contributed by atoms with Gasteiger partial charge in [-0.2, -0.15) is 5.10 Å². The first-order valence-electron chi connectivity index (χ1n) is 7.71. The van der Waals surface area contributed by atoms with Crippen molar-refractivity contribution in [3.05, 3.63) is 30.0 Å².